The van der Waals surface area contributed by atoms with E-state index in [0.717, 1.165) is 0 Å². The molecule has 0 aromatic heterocycles. The normalized spacial score (nSPS) is 12.4. The second kappa shape index (κ2) is 56.5. The highest BCUT2D eigenvalue weighted by atomic mass is 14.7. The van der Waals surface area contributed by atoms with E-state index in [2.05, 4.69) is 57.2 Å². The maximum absolute atomic E-state index is 7.30. The largest absolute Gasteiger partial charge is 0.325 e. The van der Waals surface area contributed by atoms with E-state index in [1.165, 1.54) is 340 Å². The molecule has 0 unspecified atom stereocenters. The van der Waals surface area contributed by atoms with Gasteiger partial charge in [0.25, 0.3) is 0 Å². The molecule has 0 aliphatic carbocycles. The van der Waals surface area contributed by atoms with Gasteiger partial charge >= 0.3 is 0 Å². The Morgan fingerprint density at radius 3 is 0.516 bits per heavy atom. The van der Waals surface area contributed by atoms with Crippen LogP contribution in [-0.4, -0.2) is 5.54 Å². The molecule has 0 saturated carbocycles. The molecule has 64 heavy (non-hydrogen) atoms. The van der Waals surface area contributed by atoms with Gasteiger partial charge in [-0.15, -0.1) is 0 Å². The van der Waals surface area contributed by atoms with Crippen LogP contribution in [-0.2, 0) is 0 Å². The highest BCUT2D eigenvalue weighted by molar-refractivity contribution is 4.85. The molecule has 0 radical (unpaired) electrons. The highest BCUT2D eigenvalue weighted by Crippen LogP contribution is 2.27. The number of hydrogen-bond acceptors (Lipinski definition) is 1. The van der Waals surface area contributed by atoms with E-state index in [-0.39, 0.29) is 5.54 Å². The topological polar surface area (TPSA) is 26.0 Å². The minimum atomic E-state index is 0.0909. The third-order valence-corrected chi connectivity index (χ3v) is 14.6. The van der Waals surface area contributed by atoms with E-state index in [4.69, 9.17) is 5.73 Å². The van der Waals surface area contributed by atoms with Gasteiger partial charge in [0, 0.05) is 5.54 Å². The summed E-state index contributed by atoms with van der Waals surface area (Å²) in [5.41, 5.74) is 7.40. The van der Waals surface area contributed by atoms with E-state index in [0.29, 0.717) is 0 Å². The zero-order chi connectivity index (χ0) is 46.2. The van der Waals surface area contributed by atoms with Gasteiger partial charge < -0.3 is 5.73 Å². The van der Waals surface area contributed by atoms with Gasteiger partial charge in [-0.1, -0.05) is 301 Å². The highest BCUT2D eigenvalue weighted by Gasteiger charge is 2.23. The fraction of sp³-hybridized carbons (Fsp3) is 0.905. The van der Waals surface area contributed by atoms with Gasteiger partial charge in [-0.3, -0.25) is 0 Å². The number of unbranched alkanes of at least 4 members (excludes halogenated alkanes) is 44. The SMILES string of the molecule is CCCCCCCC/C=C\CCCCCCCCCCCCC(N)(CCCCCCCC/C=C\CCCCCCCC)CCCCCCCCCCCC/C=C\CCCCCCCC. The monoisotopic (exact) mass is 894 g/mol. The first-order chi connectivity index (χ1) is 31.7. The van der Waals surface area contributed by atoms with Crippen molar-refractivity contribution >= 4 is 0 Å². The van der Waals surface area contributed by atoms with Crippen molar-refractivity contribution in [1.29, 1.82) is 0 Å². The second-order valence-corrected chi connectivity index (χ2v) is 21.3. The zero-order valence-corrected chi connectivity index (χ0v) is 45.0. The lowest BCUT2D eigenvalue weighted by molar-refractivity contribution is 0.302. The predicted octanol–water partition coefficient (Wildman–Crippen LogP) is 23.1. The quantitative estimate of drug-likeness (QED) is 0.0478. The molecule has 1 heteroatoms. The summed E-state index contributed by atoms with van der Waals surface area (Å²) in [4.78, 5) is 0. The molecule has 0 fully saturated rings. The van der Waals surface area contributed by atoms with Gasteiger partial charge in [0.15, 0.2) is 0 Å². The van der Waals surface area contributed by atoms with Crippen molar-refractivity contribution in [2.45, 2.75) is 367 Å². The maximum Gasteiger partial charge on any atom is 0.0154 e. The molecule has 0 amide bonds. The molecule has 0 aromatic rings. The van der Waals surface area contributed by atoms with Crippen LogP contribution in [0.2, 0.25) is 0 Å². The van der Waals surface area contributed by atoms with Gasteiger partial charge in [-0.05, 0) is 96.3 Å². The Morgan fingerprint density at radius 1 is 0.203 bits per heavy atom. The molecule has 0 bridgehead atoms. The average Bonchev–Trinajstić information content (AvgIpc) is 3.30. The molecule has 0 aliphatic heterocycles. The average molecular weight is 895 g/mol. The molecule has 380 valence electrons. The summed E-state index contributed by atoms with van der Waals surface area (Å²) in [6.45, 7) is 6.91. The molecule has 1 nitrogen and oxygen atoms in total. The third kappa shape index (κ3) is 53.8. The first-order valence-corrected chi connectivity index (χ1v) is 30.4. The van der Waals surface area contributed by atoms with Gasteiger partial charge in [0.1, 0.15) is 0 Å². The molecular weight excluding hydrogens is 771 g/mol. The first kappa shape index (κ1) is 63.2. The predicted molar refractivity (Wildman–Crippen MR) is 296 cm³/mol. The summed E-state index contributed by atoms with van der Waals surface area (Å²) < 4.78 is 0. The number of nitrogens with two attached hydrogens (primary N) is 1. The van der Waals surface area contributed by atoms with Crippen LogP contribution in [0.3, 0.4) is 0 Å². The molecule has 0 heterocycles. The third-order valence-electron chi connectivity index (χ3n) is 14.6. The fourth-order valence-electron chi connectivity index (χ4n) is 9.96. The molecule has 0 atom stereocenters. The number of allylic oxidation sites excluding steroid dienone is 6. The van der Waals surface area contributed by atoms with Crippen molar-refractivity contribution in [2.75, 3.05) is 0 Å². The molecular formula is C63H123N. The van der Waals surface area contributed by atoms with E-state index < -0.39 is 0 Å². The van der Waals surface area contributed by atoms with E-state index in [1.54, 1.807) is 0 Å². The van der Waals surface area contributed by atoms with Crippen LogP contribution in [0.25, 0.3) is 0 Å². The van der Waals surface area contributed by atoms with Gasteiger partial charge in [0.2, 0.25) is 0 Å². The molecule has 0 aliphatic rings. The number of hydrogen-bond donors (Lipinski definition) is 1. The summed E-state index contributed by atoms with van der Waals surface area (Å²) >= 11 is 0. The van der Waals surface area contributed by atoms with Crippen molar-refractivity contribution in [3.63, 3.8) is 0 Å². The zero-order valence-electron chi connectivity index (χ0n) is 45.0. The van der Waals surface area contributed by atoms with Gasteiger partial charge in [-0.2, -0.15) is 0 Å². The van der Waals surface area contributed by atoms with Crippen LogP contribution in [0.4, 0.5) is 0 Å². The minimum absolute atomic E-state index is 0.0909. The maximum atomic E-state index is 7.30. The van der Waals surface area contributed by atoms with Crippen LogP contribution in [0.5, 0.6) is 0 Å². The number of rotatable bonds is 56. The van der Waals surface area contributed by atoms with E-state index in [9.17, 15) is 0 Å². The summed E-state index contributed by atoms with van der Waals surface area (Å²) in [6.07, 6.45) is 88.4. The second-order valence-electron chi connectivity index (χ2n) is 21.3. The first-order valence-electron chi connectivity index (χ1n) is 30.4. The smallest absolute Gasteiger partial charge is 0.0154 e. The standard InChI is InChI=1S/C63H123N/c1-4-7-10-13-16-19-22-25-28-31-33-35-37-40-43-46-49-52-55-58-61-63(64,60-57-54-51-48-45-42-39-30-27-24-21-18-15-12-9-6-3)62-59-56-53-50-47-44-41-38-36-34-32-29-26-23-20-17-14-11-8-5-2/h25-30H,4-24,31-62,64H2,1-3H3/b28-25-,29-26-,30-27-. The van der Waals surface area contributed by atoms with Crippen LogP contribution in [0.1, 0.15) is 361 Å². The lowest BCUT2D eigenvalue weighted by Gasteiger charge is -2.30. The van der Waals surface area contributed by atoms with E-state index in [1.807, 2.05) is 0 Å². The van der Waals surface area contributed by atoms with Gasteiger partial charge in [0.05, 0.1) is 0 Å². The lowest BCUT2D eigenvalue weighted by atomic mass is 9.82. The summed E-state index contributed by atoms with van der Waals surface area (Å²) in [6, 6.07) is 0. The molecule has 0 saturated heterocycles. The Kier molecular flexibility index (Phi) is 55.8. The lowest BCUT2D eigenvalue weighted by Crippen LogP contribution is -2.39. The fourth-order valence-corrected chi connectivity index (χ4v) is 9.96. The molecule has 0 rings (SSSR count). The van der Waals surface area contributed by atoms with Crippen molar-refractivity contribution in [3.8, 4) is 0 Å². The summed E-state index contributed by atoms with van der Waals surface area (Å²) in [5.74, 6) is 0. The van der Waals surface area contributed by atoms with Crippen LogP contribution >= 0.6 is 0 Å². The summed E-state index contributed by atoms with van der Waals surface area (Å²) in [5, 5.41) is 0. The Morgan fingerprint density at radius 2 is 0.344 bits per heavy atom. The van der Waals surface area contributed by atoms with E-state index >= 15 is 0 Å². The van der Waals surface area contributed by atoms with Crippen LogP contribution in [0, 0.1) is 0 Å². The Balaban J connectivity index is 4.15. The van der Waals surface area contributed by atoms with Crippen LogP contribution in [0.15, 0.2) is 36.5 Å². The molecule has 0 aromatic carbocycles. The Labute approximate surface area is 407 Å². The molecule has 2 N–H and O–H groups in total. The summed E-state index contributed by atoms with van der Waals surface area (Å²) in [7, 11) is 0. The van der Waals surface area contributed by atoms with Crippen LogP contribution < -0.4 is 5.73 Å². The van der Waals surface area contributed by atoms with Crippen molar-refractivity contribution < 1.29 is 0 Å². The van der Waals surface area contributed by atoms with Crippen molar-refractivity contribution in [1.82, 2.24) is 0 Å². The van der Waals surface area contributed by atoms with Crippen molar-refractivity contribution in [2.24, 2.45) is 5.73 Å². The van der Waals surface area contributed by atoms with Gasteiger partial charge in [-0.25, -0.2) is 0 Å². The molecule has 0 spiro atoms. The minimum Gasteiger partial charge on any atom is -0.325 e. The Bertz CT molecular complexity index is 862. The Hall–Kier alpha value is -0.820. The van der Waals surface area contributed by atoms with Crippen molar-refractivity contribution in [3.05, 3.63) is 36.5 Å².